The highest BCUT2D eigenvalue weighted by Gasteiger charge is 2.30. The normalized spacial score (nSPS) is 12.4. The van der Waals surface area contributed by atoms with Crippen LogP contribution in [0.4, 0.5) is 13.2 Å². The van der Waals surface area contributed by atoms with Crippen LogP contribution in [0.2, 0.25) is 5.02 Å². The molecule has 1 amide bonds. The highest BCUT2D eigenvalue weighted by molar-refractivity contribution is 6.31. The van der Waals surface area contributed by atoms with Crippen molar-refractivity contribution in [2.45, 2.75) is 32.1 Å². The number of amides is 1. The lowest BCUT2D eigenvalue weighted by Crippen LogP contribution is -2.44. The Morgan fingerprint density at radius 3 is 2.47 bits per heavy atom. The van der Waals surface area contributed by atoms with E-state index >= 15 is 0 Å². The molecule has 0 aliphatic carbocycles. The summed E-state index contributed by atoms with van der Waals surface area (Å²) >= 11 is 6.18. The number of alkyl halides is 3. The maximum Gasteiger partial charge on any atom is 0.416 e. The zero-order chi connectivity index (χ0) is 27.6. The third-order valence-electron chi connectivity index (χ3n) is 6.08. The fraction of sp³-hybridized carbons (Fsp3) is 0.222. The molecule has 0 aliphatic heterocycles. The Kier molecular flexibility index (Phi) is 7.63. The van der Waals surface area contributed by atoms with E-state index in [4.69, 9.17) is 16.3 Å². The SMILES string of the molecule is CC[C@@H](C(=O)NCc1cccc(C(F)(F)F)c1)n1c(=O)n(-c2cccc(OC)c2)c(=O)c2ccc(Cl)cc21. The van der Waals surface area contributed by atoms with Crippen LogP contribution in [0.3, 0.4) is 0 Å². The van der Waals surface area contributed by atoms with Crippen LogP contribution in [0.5, 0.6) is 5.75 Å². The topological polar surface area (TPSA) is 82.3 Å². The minimum Gasteiger partial charge on any atom is -0.497 e. The molecular formula is C27H23ClF3N3O4. The summed E-state index contributed by atoms with van der Waals surface area (Å²) in [4.78, 5) is 40.5. The molecule has 0 saturated heterocycles. The third kappa shape index (κ3) is 5.31. The van der Waals surface area contributed by atoms with Gasteiger partial charge in [-0.1, -0.05) is 36.7 Å². The molecule has 0 radical (unpaired) electrons. The molecule has 1 N–H and O–H groups in total. The van der Waals surface area contributed by atoms with Gasteiger partial charge in [0, 0.05) is 17.6 Å². The van der Waals surface area contributed by atoms with Crippen molar-refractivity contribution in [3.05, 3.63) is 104 Å². The Labute approximate surface area is 220 Å². The summed E-state index contributed by atoms with van der Waals surface area (Å²) in [5.41, 5.74) is -1.58. The number of methoxy groups -OCH3 is 1. The molecule has 4 aromatic rings. The van der Waals surface area contributed by atoms with Crippen LogP contribution in [-0.2, 0) is 17.5 Å². The maximum absolute atomic E-state index is 13.8. The fourth-order valence-electron chi connectivity index (χ4n) is 4.23. The van der Waals surface area contributed by atoms with E-state index in [1.54, 1.807) is 25.1 Å². The van der Waals surface area contributed by atoms with E-state index in [1.807, 2.05) is 0 Å². The Balaban J connectivity index is 1.81. The Morgan fingerprint density at radius 2 is 1.79 bits per heavy atom. The molecule has 0 fully saturated rings. The Bertz CT molecular complexity index is 1630. The second-order valence-electron chi connectivity index (χ2n) is 8.50. The summed E-state index contributed by atoms with van der Waals surface area (Å²) in [7, 11) is 1.45. The van der Waals surface area contributed by atoms with Crippen molar-refractivity contribution in [1.29, 1.82) is 0 Å². The molecule has 0 spiro atoms. The second-order valence-corrected chi connectivity index (χ2v) is 8.93. The summed E-state index contributed by atoms with van der Waals surface area (Å²) in [5.74, 6) is -0.188. The highest BCUT2D eigenvalue weighted by atomic mass is 35.5. The number of hydrogen-bond donors (Lipinski definition) is 1. The molecule has 11 heteroatoms. The Hall–Kier alpha value is -4.05. The number of fused-ring (bicyclic) bond motifs is 1. The van der Waals surface area contributed by atoms with E-state index in [-0.39, 0.29) is 40.1 Å². The van der Waals surface area contributed by atoms with Gasteiger partial charge < -0.3 is 10.1 Å². The van der Waals surface area contributed by atoms with Gasteiger partial charge in [0.25, 0.3) is 5.56 Å². The number of aromatic nitrogens is 2. The molecule has 198 valence electrons. The van der Waals surface area contributed by atoms with Gasteiger partial charge in [-0.15, -0.1) is 0 Å². The van der Waals surface area contributed by atoms with Crippen molar-refractivity contribution in [2.24, 2.45) is 0 Å². The van der Waals surface area contributed by atoms with Crippen LogP contribution < -0.4 is 21.3 Å². The summed E-state index contributed by atoms with van der Waals surface area (Å²) in [6, 6.07) is 14.3. The molecule has 0 unspecified atom stereocenters. The molecule has 3 aromatic carbocycles. The number of nitrogens with zero attached hydrogens (tertiary/aromatic N) is 2. The van der Waals surface area contributed by atoms with Crippen LogP contribution in [0.15, 0.2) is 76.3 Å². The molecule has 1 aromatic heterocycles. The molecule has 4 rings (SSSR count). The van der Waals surface area contributed by atoms with Crippen LogP contribution in [0, 0.1) is 0 Å². The zero-order valence-electron chi connectivity index (χ0n) is 20.4. The summed E-state index contributed by atoms with van der Waals surface area (Å²) in [6.45, 7) is 1.49. The number of nitrogens with one attached hydrogen (secondary N) is 1. The van der Waals surface area contributed by atoms with Crippen molar-refractivity contribution in [3.63, 3.8) is 0 Å². The van der Waals surface area contributed by atoms with Gasteiger partial charge in [-0.3, -0.25) is 14.2 Å². The lowest BCUT2D eigenvalue weighted by Gasteiger charge is -2.22. The number of carbonyl (C=O) groups excluding carboxylic acids is 1. The van der Waals surface area contributed by atoms with E-state index < -0.39 is 34.9 Å². The lowest BCUT2D eigenvalue weighted by atomic mass is 10.1. The number of carbonyl (C=O) groups is 1. The largest absolute Gasteiger partial charge is 0.497 e. The van der Waals surface area contributed by atoms with Crippen molar-refractivity contribution in [2.75, 3.05) is 7.11 Å². The monoisotopic (exact) mass is 545 g/mol. The smallest absolute Gasteiger partial charge is 0.416 e. The van der Waals surface area contributed by atoms with Gasteiger partial charge in [0.15, 0.2) is 0 Å². The average molecular weight is 546 g/mol. The van der Waals surface area contributed by atoms with Gasteiger partial charge in [-0.25, -0.2) is 9.36 Å². The van der Waals surface area contributed by atoms with Crippen molar-refractivity contribution < 1.29 is 22.7 Å². The fourth-order valence-corrected chi connectivity index (χ4v) is 4.40. The second kappa shape index (κ2) is 10.7. The number of ether oxygens (including phenoxy) is 1. The standard InChI is InChI=1S/C27H23ClF3N3O4/c1-3-22(24(35)32-15-16-6-4-7-17(12-16)27(29,30)31)34-23-13-18(28)10-11-21(23)25(36)33(26(34)37)19-8-5-9-20(14-19)38-2/h4-14,22H,3,15H2,1-2H3,(H,32,35)/t22-/m0/s1. The van der Waals surface area contributed by atoms with Gasteiger partial charge in [0.1, 0.15) is 11.8 Å². The maximum atomic E-state index is 13.8. The first-order chi connectivity index (χ1) is 18.0. The van der Waals surface area contributed by atoms with E-state index in [9.17, 15) is 27.6 Å². The number of rotatable bonds is 7. The first-order valence-corrected chi connectivity index (χ1v) is 12.0. The first kappa shape index (κ1) is 27.0. The zero-order valence-corrected chi connectivity index (χ0v) is 21.1. The molecule has 0 bridgehead atoms. The predicted molar refractivity (Wildman–Crippen MR) is 138 cm³/mol. The summed E-state index contributed by atoms with van der Waals surface area (Å²) < 4.78 is 46.6. The molecule has 7 nitrogen and oxygen atoms in total. The average Bonchev–Trinajstić information content (AvgIpc) is 2.89. The number of benzene rings is 3. The van der Waals surface area contributed by atoms with Crippen LogP contribution in [0.25, 0.3) is 16.6 Å². The van der Waals surface area contributed by atoms with Crippen LogP contribution >= 0.6 is 11.6 Å². The van der Waals surface area contributed by atoms with E-state index in [0.29, 0.717) is 5.75 Å². The number of hydrogen-bond acceptors (Lipinski definition) is 4. The molecule has 0 saturated carbocycles. The molecule has 1 heterocycles. The predicted octanol–water partition coefficient (Wildman–Crippen LogP) is 5.10. The van der Waals surface area contributed by atoms with Crippen molar-refractivity contribution in [3.8, 4) is 11.4 Å². The molecule has 38 heavy (non-hydrogen) atoms. The highest BCUT2D eigenvalue weighted by Crippen LogP contribution is 2.29. The molecule has 1 atom stereocenters. The minimum atomic E-state index is -4.52. The summed E-state index contributed by atoms with van der Waals surface area (Å²) in [5, 5.41) is 3.03. The lowest BCUT2D eigenvalue weighted by molar-refractivity contribution is -0.137. The van der Waals surface area contributed by atoms with Crippen LogP contribution in [0.1, 0.15) is 30.5 Å². The van der Waals surface area contributed by atoms with E-state index in [1.165, 1.54) is 48.1 Å². The van der Waals surface area contributed by atoms with Gasteiger partial charge in [0.05, 0.1) is 29.3 Å². The van der Waals surface area contributed by atoms with Gasteiger partial charge >= 0.3 is 11.9 Å². The van der Waals surface area contributed by atoms with Gasteiger partial charge in [-0.2, -0.15) is 13.2 Å². The first-order valence-electron chi connectivity index (χ1n) is 11.6. The molecule has 0 aliphatic rings. The van der Waals surface area contributed by atoms with Gasteiger partial charge in [-0.05, 0) is 54.4 Å². The van der Waals surface area contributed by atoms with E-state index in [0.717, 1.165) is 16.7 Å². The summed E-state index contributed by atoms with van der Waals surface area (Å²) in [6.07, 6.45) is -4.38. The quantitative estimate of drug-likeness (QED) is 0.350. The number of halogens is 4. The molecular weight excluding hydrogens is 523 g/mol. The van der Waals surface area contributed by atoms with Crippen LogP contribution in [-0.4, -0.2) is 22.2 Å². The third-order valence-corrected chi connectivity index (χ3v) is 6.32. The van der Waals surface area contributed by atoms with Gasteiger partial charge in [0.2, 0.25) is 5.91 Å². The van der Waals surface area contributed by atoms with E-state index in [2.05, 4.69) is 5.32 Å². The Morgan fingerprint density at radius 1 is 1.05 bits per heavy atom. The van der Waals surface area contributed by atoms with Crippen molar-refractivity contribution in [1.82, 2.24) is 14.5 Å². The minimum absolute atomic E-state index is 0.145. The van der Waals surface area contributed by atoms with Crippen molar-refractivity contribution >= 4 is 28.4 Å².